The fraction of sp³-hybridized carbons (Fsp3) is 0.286. The number of aliphatic hydroxyl groups excluding tert-OH is 1. The van der Waals surface area contributed by atoms with E-state index in [2.05, 4.69) is 5.32 Å². The molecule has 0 saturated carbocycles. The molecule has 0 fully saturated rings. The van der Waals surface area contributed by atoms with Gasteiger partial charge >= 0.3 is 5.88 Å². The Labute approximate surface area is 121 Å². The van der Waals surface area contributed by atoms with Crippen LogP contribution in [0, 0.1) is 10.1 Å². The Morgan fingerprint density at radius 1 is 1.38 bits per heavy atom. The monoisotopic (exact) mass is 292 g/mol. The largest absolute Gasteiger partial charge is 0.494 e. The van der Waals surface area contributed by atoms with Crippen LogP contribution in [-0.2, 0) is 13.2 Å². The van der Waals surface area contributed by atoms with Crippen molar-refractivity contribution < 1.29 is 19.2 Å². The molecule has 21 heavy (non-hydrogen) atoms. The number of nitrogens with zero attached hydrogens (tertiary/aromatic N) is 1. The predicted octanol–water partition coefficient (Wildman–Crippen LogP) is 2.69. The van der Waals surface area contributed by atoms with E-state index in [0.29, 0.717) is 30.2 Å². The normalized spacial score (nSPS) is 10.4. The number of nitrogens with one attached hydrogen (secondary N) is 1. The number of hydrogen-bond donors (Lipinski definition) is 2. The molecule has 7 heteroatoms. The summed E-state index contributed by atoms with van der Waals surface area (Å²) in [5, 5.41) is 22.9. The molecule has 2 N–H and O–H groups in total. The molecular formula is C14H16N2O5. The van der Waals surface area contributed by atoms with E-state index in [9.17, 15) is 15.2 Å². The van der Waals surface area contributed by atoms with Gasteiger partial charge in [-0.1, -0.05) is 0 Å². The van der Waals surface area contributed by atoms with Crippen molar-refractivity contribution in [2.24, 2.45) is 0 Å². The van der Waals surface area contributed by atoms with Gasteiger partial charge < -0.3 is 19.6 Å². The van der Waals surface area contributed by atoms with E-state index in [1.54, 1.807) is 18.2 Å². The van der Waals surface area contributed by atoms with Gasteiger partial charge in [-0.25, -0.2) is 0 Å². The molecule has 0 spiro atoms. The van der Waals surface area contributed by atoms with Crippen molar-refractivity contribution >= 4 is 11.6 Å². The Morgan fingerprint density at radius 2 is 2.19 bits per heavy atom. The third-order valence-corrected chi connectivity index (χ3v) is 2.82. The Balaban J connectivity index is 2.03. The summed E-state index contributed by atoms with van der Waals surface area (Å²) in [5.41, 5.74) is 1.44. The lowest BCUT2D eigenvalue weighted by Gasteiger charge is -2.11. The van der Waals surface area contributed by atoms with E-state index in [4.69, 9.17) is 9.15 Å². The second kappa shape index (κ2) is 6.76. The minimum atomic E-state index is -0.579. The lowest BCUT2D eigenvalue weighted by molar-refractivity contribution is -0.402. The van der Waals surface area contributed by atoms with Gasteiger partial charge in [0, 0.05) is 11.3 Å². The minimum Gasteiger partial charge on any atom is -0.494 e. The number of rotatable bonds is 7. The van der Waals surface area contributed by atoms with Gasteiger partial charge in [-0.05, 0) is 31.2 Å². The van der Waals surface area contributed by atoms with E-state index in [1.807, 2.05) is 13.0 Å². The van der Waals surface area contributed by atoms with Crippen molar-refractivity contribution in [2.45, 2.75) is 20.1 Å². The van der Waals surface area contributed by atoms with E-state index >= 15 is 0 Å². The molecule has 1 heterocycles. The van der Waals surface area contributed by atoms with Crippen LogP contribution < -0.4 is 10.1 Å². The Bertz CT molecular complexity index is 624. The Morgan fingerprint density at radius 3 is 2.81 bits per heavy atom. The number of benzene rings is 1. The molecule has 2 aromatic rings. The number of hydrogen-bond acceptors (Lipinski definition) is 6. The maximum atomic E-state index is 10.5. The molecule has 0 bridgehead atoms. The van der Waals surface area contributed by atoms with E-state index in [-0.39, 0.29) is 12.5 Å². The molecule has 112 valence electrons. The van der Waals surface area contributed by atoms with Gasteiger partial charge in [0.25, 0.3) is 0 Å². The van der Waals surface area contributed by atoms with Crippen LogP contribution in [-0.4, -0.2) is 16.6 Å². The minimum absolute atomic E-state index is 0.128. The van der Waals surface area contributed by atoms with Crippen LogP contribution in [0.2, 0.25) is 0 Å². The fourth-order valence-electron chi connectivity index (χ4n) is 1.86. The van der Waals surface area contributed by atoms with Crippen LogP contribution >= 0.6 is 0 Å². The van der Waals surface area contributed by atoms with Gasteiger partial charge in [-0.3, -0.25) is 10.1 Å². The first kappa shape index (κ1) is 14.9. The molecule has 0 aliphatic rings. The number of furan rings is 1. The van der Waals surface area contributed by atoms with Crippen LogP contribution in [0.4, 0.5) is 11.6 Å². The van der Waals surface area contributed by atoms with Crippen molar-refractivity contribution in [2.75, 3.05) is 11.9 Å². The van der Waals surface area contributed by atoms with Crippen molar-refractivity contribution in [3.8, 4) is 5.75 Å². The molecule has 2 rings (SSSR count). The molecular weight excluding hydrogens is 276 g/mol. The van der Waals surface area contributed by atoms with Crippen LogP contribution in [0.25, 0.3) is 0 Å². The van der Waals surface area contributed by atoms with Crippen molar-refractivity contribution in [1.82, 2.24) is 0 Å². The van der Waals surface area contributed by atoms with Gasteiger partial charge in [-0.2, -0.15) is 0 Å². The highest BCUT2D eigenvalue weighted by molar-refractivity contribution is 5.51. The number of anilines is 1. The first-order valence-electron chi connectivity index (χ1n) is 6.47. The third-order valence-electron chi connectivity index (χ3n) is 2.82. The number of ether oxygens (including phenoxy) is 1. The Hall–Kier alpha value is -2.54. The summed E-state index contributed by atoms with van der Waals surface area (Å²) < 4.78 is 10.4. The van der Waals surface area contributed by atoms with Crippen LogP contribution in [0.3, 0.4) is 0 Å². The lowest BCUT2D eigenvalue weighted by atomic mass is 10.2. The third kappa shape index (κ3) is 3.73. The zero-order valence-corrected chi connectivity index (χ0v) is 11.5. The highest BCUT2D eigenvalue weighted by Gasteiger charge is 2.11. The summed E-state index contributed by atoms with van der Waals surface area (Å²) in [6.07, 6.45) is 0. The van der Waals surface area contributed by atoms with Crippen LogP contribution in [0.5, 0.6) is 5.75 Å². The molecule has 1 aromatic carbocycles. The van der Waals surface area contributed by atoms with Crippen LogP contribution in [0.15, 0.2) is 34.7 Å². The lowest BCUT2D eigenvalue weighted by Crippen LogP contribution is -2.01. The van der Waals surface area contributed by atoms with Crippen molar-refractivity contribution in [3.05, 3.63) is 51.8 Å². The molecule has 0 radical (unpaired) electrons. The predicted molar refractivity (Wildman–Crippen MR) is 76.2 cm³/mol. The van der Waals surface area contributed by atoms with Gasteiger partial charge in [0.15, 0.2) is 0 Å². The second-order valence-electron chi connectivity index (χ2n) is 4.26. The maximum absolute atomic E-state index is 10.5. The smallest absolute Gasteiger partial charge is 0.433 e. The highest BCUT2D eigenvalue weighted by atomic mass is 16.6. The van der Waals surface area contributed by atoms with Crippen LogP contribution in [0.1, 0.15) is 18.2 Å². The van der Waals surface area contributed by atoms with Crippen molar-refractivity contribution in [1.29, 1.82) is 0 Å². The fourth-order valence-corrected chi connectivity index (χ4v) is 1.86. The highest BCUT2D eigenvalue weighted by Crippen LogP contribution is 2.24. The molecule has 0 aliphatic carbocycles. The average molecular weight is 292 g/mol. The van der Waals surface area contributed by atoms with Gasteiger partial charge in [0.2, 0.25) is 0 Å². The molecule has 7 nitrogen and oxygen atoms in total. The summed E-state index contributed by atoms with van der Waals surface area (Å²) in [4.78, 5) is 9.94. The quantitative estimate of drug-likeness (QED) is 0.601. The Kier molecular flexibility index (Phi) is 4.78. The summed E-state index contributed by atoms with van der Waals surface area (Å²) in [5.74, 6) is 0.815. The van der Waals surface area contributed by atoms with Gasteiger partial charge in [0.05, 0.1) is 25.8 Å². The zero-order chi connectivity index (χ0) is 15.2. The standard InChI is InChI=1S/C14H16N2O5/c1-2-20-13-5-3-11(7-10(13)9-17)15-8-12-4-6-14(21-12)16(18)19/h3-7,15,17H,2,8-9H2,1H3. The van der Waals surface area contributed by atoms with E-state index in [1.165, 1.54) is 6.07 Å². The first-order valence-corrected chi connectivity index (χ1v) is 6.47. The molecule has 0 atom stereocenters. The molecule has 1 aromatic heterocycles. The maximum Gasteiger partial charge on any atom is 0.433 e. The van der Waals surface area contributed by atoms with Crippen molar-refractivity contribution in [3.63, 3.8) is 0 Å². The molecule has 0 unspecified atom stereocenters. The molecule has 0 saturated heterocycles. The molecule has 0 aliphatic heterocycles. The number of nitro groups is 1. The zero-order valence-electron chi connectivity index (χ0n) is 11.5. The summed E-state index contributed by atoms with van der Waals surface area (Å²) in [6, 6.07) is 8.20. The van der Waals surface area contributed by atoms with E-state index < -0.39 is 4.92 Å². The van der Waals surface area contributed by atoms with Gasteiger partial charge in [-0.15, -0.1) is 0 Å². The summed E-state index contributed by atoms with van der Waals surface area (Å²) in [7, 11) is 0. The number of aliphatic hydroxyl groups is 1. The topological polar surface area (TPSA) is 97.8 Å². The van der Waals surface area contributed by atoms with Gasteiger partial charge in [0.1, 0.15) is 16.4 Å². The average Bonchev–Trinajstić information content (AvgIpc) is 2.95. The molecule has 0 amide bonds. The second-order valence-corrected chi connectivity index (χ2v) is 4.26. The SMILES string of the molecule is CCOc1ccc(NCc2ccc([N+](=O)[O-])o2)cc1CO. The first-order chi connectivity index (χ1) is 10.1. The van der Waals surface area contributed by atoms with E-state index in [0.717, 1.165) is 5.69 Å². The summed E-state index contributed by atoms with van der Waals surface area (Å²) in [6.45, 7) is 2.58. The summed E-state index contributed by atoms with van der Waals surface area (Å²) >= 11 is 0.